The van der Waals surface area contributed by atoms with E-state index in [1.807, 2.05) is 0 Å². The van der Waals surface area contributed by atoms with Crippen LogP contribution in [0.2, 0.25) is 0 Å². The normalized spacial score (nSPS) is 12.3. The summed E-state index contributed by atoms with van der Waals surface area (Å²) in [5.74, 6) is 0. The van der Waals surface area contributed by atoms with Crippen molar-refractivity contribution >= 4 is 5.57 Å². The molecule has 0 unspecified atom stereocenters. The summed E-state index contributed by atoms with van der Waals surface area (Å²) in [6.45, 7) is 4.29. The number of rotatable bonds is 2. The van der Waals surface area contributed by atoms with Crippen LogP contribution < -0.4 is 0 Å². The van der Waals surface area contributed by atoms with Gasteiger partial charge in [0.15, 0.2) is 0 Å². The highest BCUT2D eigenvalue weighted by atomic mass is 14.3. The predicted molar refractivity (Wildman–Crippen MR) is 105 cm³/mol. The van der Waals surface area contributed by atoms with E-state index in [0.717, 1.165) is 6.42 Å². The van der Waals surface area contributed by atoms with Crippen molar-refractivity contribution in [2.45, 2.75) is 27.7 Å². The third kappa shape index (κ3) is 2.59. The fourth-order valence-corrected chi connectivity index (χ4v) is 3.70. The van der Waals surface area contributed by atoms with Gasteiger partial charge >= 0.3 is 0 Å². The Bertz CT molecular complexity index is 913. The van der Waals surface area contributed by atoms with E-state index < -0.39 is 0 Å². The second-order valence-corrected chi connectivity index (χ2v) is 6.24. The molecule has 3 aromatic rings. The Kier molecular flexibility index (Phi) is 4.40. The van der Waals surface area contributed by atoms with Crippen molar-refractivity contribution in [2.75, 3.05) is 0 Å². The highest BCUT2D eigenvalue weighted by Gasteiger charge is 2.21. The van der Waals surface area contributed by atoms with E-state index in [0.29, 0.717) is 0 Å². The Morgan fingerprint density at radius 1 is 0.875 bits per heavy atom. The first-order valence-electron chi connectivity index (χ1n) is 8.22. The van der Waals surface area contributed by atoms with Gasteiger partial charge in [-0.15, -0.1) is 0 Å². The molecule has 1 aliphatic rings. The van der Waals surface area contributed by atoms with Crippen LogP contribution in [0.1, 0.15) is 42.2 Å². The molecular formula is C24H24. The Morgan fingerprint density at radius 3 is 2.42 bits per heavy atom. The number of benzene rings is 3. The minimum Gasteiger partial charge on any atom is -0.0792 e. The maximum absolute atomic E-state index is 2.27. The van der Waals surface area contributed by atoms with E-state index in [1.54, 1.807) is 0 Å². The van der Waals surface area contributed by atoms with Crippen LogP contribution in [0.25, 0.3) is 16.7 Å². The third-order valence-corrected chi connectivity index (χ3v) is 4.76. The Labute approximate surface area is 145 Å². The smallest absolute Gasteiger partial charge is 0.000728 e. The van der Waals surface area contributed by atoms with E-state index in [-0.39, 0.29) is 7.43 Å². The molecular weight excluding hydrogens is 288 g/mol. The van der Waals surface area contributed by atoms with E-state index in [1.165, 1.54) is 44.5 Å². The minimum absolute atomic E-state index is 0. The van der Waals surface area contributed by atoms with Crippen LogP contribution >= 0.6 is 0 Å². The monoisotopic (exact) mass is 312 g/mol. The molecule has 0 radical (unpaired) electrons. The van der Waals surface area contributed by atoms with Crippen molar-refractivity contribution < 1.29 is 0 Å². The molecule has 3 aromatic carbocycles. The van der Waals surface area contributed by atoms with Gasteiger partial charge in [0.1, 0.15) is 0 Å². The molecule has 0 spiro atoms. The summed E-state index contributed by atoms with van der Waals surface area (Å²) in [5.41, 5.74) is 11.0. The topological polar surface area (TPSA) is 0 Å². The van der Waals surface area contributed by atoms with Crippen LogP contribution in [-0.2, 0) is 6.42 Å². The van der Waals surface area contributed by atoms with Crippen LogP contribution in [0.3, 0.4) is 0 Å². The standard InChI is InChI=1S/C23H20.CH4/c1-3-19(17-10-6-8-16(2)14-17)21-12-7-13-22-20-11-5-4-9-18(20)15-23(21)22;/h3-14H,15H2,1-2H3;1H4/b19-3-;. The lowest BCUT2D eigenvalue weighted by molar-refractivity contribution is 1.24. The number of hydrogen-bond donors (Lipinski definition) is 0. The number of hydrogen-bond acceptors (Lipinski definition) is 0. The van der Waals surface area contributed by atoms with Crippen LogP contribution in [0.15, 0.2) is 72.8 Å². The molecule has 0 aliphatic heterocycles. The van der Waals surface area contributed by atoms with Crippen molar-refractivity contribution in [3.8, 4) is 11.1 Å². The van der Waals surface area contributed by atoms with Crippen molar-refractivity contribution in [3.05, 3.63) is 101 Å². The first-order chi connectivity index (χ1) is 11.3. The number of aryl methyl sites for hydroxylation is 1. The van der Waals surface area contributed by atoms with Crippen molar-refractivity contribution in [2.24, 2.45) is 0 Å². The Morgan fingerprint density at radius 2 is 1.62 bits per heavy atom. The molecule has 0 atom stereocenters. The maximum Gasteiger partial charge on any atom is -0.000728 e. The van der Waals surface area contributed by atoms with Gasteiger partial charge < -0.3 is 0 Å². The summed E-state index contributed by atoms with van der Waals surface area (Å²) in [6, 6.07) is 24.3. The summed E-state index contributed by atoms with van der Waals surface area (Å²) in [7, 11) is 0. The number of fused-ring (bicyclic) bond motifs is 3. The van der Waals surface area contributed by atoms with Crippen LogP contribution in [0.5, 0.6) is 0 Å². The first kappa shape index (κ1) is 16.3. The lowest BCUT2D eigenvalue weighted by Gasteiger charge is -2.13. The average Bonchev–Trinajstić information content (AvgIpc) is 2.95. The van der Waals surface area contributed by atoms with Gasteiger partial charge in [-0.25, -0.2) is 0 Å². The predicted octanol–water partition coefficient (Wildman–Crippen LogP) is 6.65. The molecule has 24 heavy (non-hydrogen) atoms. The average molecular weight is 312 g/mol. The zero-order valence-corrected chi connectivity index (χ0v) is 13.6. The zero-order chi connectivity index (χ0) is 15.8. The summed E-state index contributed by atoms with van der Waals surface area (Å²) in [6.07, 6.45) is 3.28. The molecule has 0 heteroatoms. The lowest BCUT2D eigenvalue weighted by Crippen LogP contribution is -1.94. The molecule has 120 valence electrons. The minimum atomic E-state index is 0. The van der Waals surface area contributed by atoms with E-state index >= 15 is 0 Å². The molecule has 0 amide bonds. The highest BCUT2D eigenvalue weighted by Crippen LogP contribution is 2.41. The third-order valence-electron chi connectivity index (χ3n) is 4.76. The maximum atomic E-state index is 2.27. The fraction of sp³-hybridized carbons (Fsp3) is 0.167. The highest BCUT2D eigenvalue weighted by molar-refractivity contribution is 5.88. The van der Waals surface area contributed by atoms with Crippen LogP contribution in [0, 0.1) is 6.92 Å². The van der Waals surface area contributed by atoms with Gasteiger partial charge in [0.25, 0.3) is 0 Å². The van der Waals surface area contributed by atoms with E-state index in [2.05, 4.69) is 86.7 Å². The zero-order valence-electron chi connectivity index (χ0n) is 13.6. The molecule has 0 N–H and O–H groups in total. The first-order valence-corrected chi connectivity index (χ1v) is 8.22. The summed E-state index contributed by atoms with van der Waals surface area (Å²) in [5, 5.41) is 0. The molecule has 0 nitrogen and oxygen atoms in total. The molecule has 0 saturated heterocycles. The lowest BCUT2D eigenvalue weighted by atomic mass is 9.90. The van der Waals surface area contributed by atoms with Gasteiger partial charge in [0.2, 0.25) is 0 Å². The fourth-order valence-electron chi connectivity index (χ4n) is 3.70. The molecule has 1 aliphatic carbocycles. The molecule has 4 rings (SSSR count). The van der Waals surface area contributed by atoms with Crippen molar-refractivity contribution in [1.82, 2.24) is 0 Å². The van der Waals surface area contributed by atoms with Gasteiger partial charge in [-0.2, -0.15) is 0 Å². The molecule has 0 fully saturated rings. The van der Waals surface area contributed by atoms with Crippen molar-refractivity contribution in [1.29, 1.82) is 0 Å². The van der Waals surface area contributed by atoms with E-state index in [4.69, 9.17) is 0 Å². The second-order valence-electron chi connectivity index (χ2n) is 6.24. The van der Waals surface area contributed by atoms with Crippen LogP contribution in [0.4, 0.5) is 0 Å². The van der Waals surface area contributed by atoms with Gasteiger partial charge in [0, 0.05) is 0 Å². The molecule has 0 aromatic heterocycles. The second kappa shape index (κ2) is 6.49. The van der Waals surface area contributed by atoms with Crippen molar-refractivity contribution in [3.63, 3.8) is 0 Å². The Hall–Kier alpha value is -2.60. The summed E-state index contributed by atoms with van der Waals surface area (Å²) in [4.78, 5) is 0. The summed E-state index contributed by atoms with van der Waals surface area (Å²) < 4.78 is 0. The quantitative estimate of drug-likeness (QED) is 0.388. The van der Waals surface area contributed by atoms with Gasteiger partial charge in [-0.05, 0) is 59.2 Å². The Balaban J connectivity index is 0.00000169. The van der Waals surface area contributed by atoms with Gasteiger partial charge in [-0.1, -0.05) is 85.8 Å². The largest absolute Gasteiger partial charge is 0.0792 e. The molecule has 0 heterocycles. The van der Waals surface area contributed by atoms with Crippen LogP contribution in [-0.4, -0.2) is 0 Å². The molecule has 0 saturated carbocycles. The summed E-state index contributed by atoms with van der Waals surface area (Å²) >= 11 is 0. The van der Waals surface area contributed by atoms with E-state index in [9.17, 15) is 0 Å². The van der Waals surface area contributed by atoms with Gasteiger partial charge in [-0.3, -0.25) is 0 Å². The van der Waals surface area contributed by atoms with Gasteiger partial charge in [0.05, 0.1) is 0 Å². The number of allylic oxidation sites excluding steroid dienone is 1. The SMILES string of the molecule is C.C/C=C(/c1cccc(C)c1)c1cccc2c1Cc1ccccc1-2. The molecule has 0 bridgehead atoms.